The highest BCUT2D eigenvalue weighted by molar-refractivity contribution is 5.69. The van der Waals surface area contributed by atoms with Crippen molar-refractivity contribution in [3.05, 3.63) is 47.7 Å². The Bertz CT molecular complexity index is 1010. The fraction of sp³-hybridized carbons (Fsp3) is 0.600. The summed E-state index contributed by atoms with van der Waals surface area (Å²) in [5.74, 6) is 0.935. The number of aromatic nitrogens is 2. The minimum Gasteiger partial charge on any atom is -0.494 e. The lowest BCUT2D eigenvalue weighted by Gasteiger charge is -2.37. The summed E-state index contributed by atoms with van der Waals surface area (Å²) in [7, 11) is 0. The van der Waals surface area contributed by atoms with Gasteiger partial charge in [0.05, 0.1) is 6.54 Å². The molecule has 0 bridgehead atoms. The Kier molecular flexibility index (Phi) is 10.5. The Labute approximate surface area is 226 Å². The molecular formula is C30H44N4O4. The Morgan fingerprint density at radius 1 is 0.921 bits per heavy atom. The van der Waals surface area contributed by atoms with E-state index in [9.17, 15) is 15.0 Å². The van der Waals surface area contributed by atoms with E-state index in [1.807, 2.05) is 36.5 Å². The third-order valence-corrected chi connectivity index (χ3v) is 7.70. The van der Waals surface area contributed by atoms with Gasteiger partial charge in [0.25, 0.3) is 0 Å². The second-order valence-corrected chi connectivity index (χ2v) is 10.6. The van der Waals surface area contributed by atoms with Crippen LogP contribution in [0.4, 0.5) is 5.82 Å². The molecule has 0 amide bonds. The maximum Gasteiger partial charge on any atom is 0.306 e. The SMILES string of the molecule is CCCCCCCCCC(=O)OC(CN1CCN(c2ccccn2)CC1)Cn1c(O)c2c(c1O)CC=CC2. The smallest absolute Gasteiger partial charge is 0.306 e. The number of rotatable bonds is 14. The summed E-state index contributed by atoms with van der Waals surface area (Å²) in [4.78, 5) is 21.8. The fourth-order valence-corrected chi connectivity index (χ4v) is 5.50. The molecule has 8 heteroatoms. The second-order valence-electron chi connectivity index (χ2n) is 10.6. The van der Waals surface area contributed by atoms with Crippen LogP contribution in [0.15, 0.2) is 36.5 Å². The van der Waals surface area contributed by atoms with Crippen molar-refractivity contribution < 1.29 is 19.7 Å². The first-order valence-corrected chi connectivity index (χ1v) is 14.4. The van der Waals surface area contributed by atoms with Gasteiger partial charge in [-0.15, -0.1) is 0 Å². The molecule has 38 heavy (non-hydrogen) atoms. The average molecular weight is 525 g/mol. The number of carbonyl (C=O) groups is 1. The van der Waals surface area contributed by atoms with Crippen LogP contribution in [0, 0.1) is 0 Å². The molecule has 1 fully saturated rings. The summed E-state index contributed by atoms with van der Waals surface area (Å²) < 4.78 is 7.51. The Morgan fingerprint density at radius 3 is 2.21 bits per heavy atom. The first-order chi connectivity index (χ1) is 18.6. The van der Waals surface area contributed by atoms with Gasteiger partial charge in [0.1, 0.15) is 11.9 Å². The lowest BCUT2D eigenvalue weighted by atomic mass is 10.0. The van der Waals surface area contributed by atoms with Gasteiger partial charge < -0.3 is 19.8 Å². The van der Waals surface area contributed by atoms with Crippen LogP contribution in [-0.4, -0.2) is 69.5 Å². The summed E-state index contributed by atoms with van der Waals surface area (Å²) in [6, 6.07) is 5.95. The van der Waals surface area contributed by atoms with Crippen molar-refractivity contribution in [3.63, 3.8) is 0 Å². The Balaban J connectivity index is 1.35. The number of piperazine rings is 1. The van der Waals surface area contributed by atoms with Crippen LogP contribution < -0.4 is 4.90 Å². The molecule has 0 aromatic carbocycles. The van der Waals surface area contributed by atoms with Gasteiger partial charge in [-0.1, -0.05) is 63.7 Å². The summed E-state index contributed by atoms with van der Waals surface area (Å²) in [6.45, 7) is 6.34. The van der Waals surface area contributed by atoms with E-state index in [1.54, 1.807) is 0 Å². The fourth-order valence-electron chi connectivity index (χ4n) is 5.50. The van der Waals surface area contributed by atoms with Gasteiger partial charge in [-0.25, -0.2) is 4.98 Å². The number of allylic oxidation sites excluding steroid dienone is 2. The van der Waals surface area contributed by atoms with Gasteiger partial charge in [-0.3, -0.25) is 14.3 Å². The van der Waals surface area contributed by atoms with Crippen LogP contribution >= 0.6 is 0 Å². The van der Waals surface area contributed by atoms with E-state index in [-0.39, 0.29) is 24.3 Å². The van der Waals surface area contributed by atoms with Crippen molar-refractivity contribution in [2.24, 2.45) is 0 Å². The molecule has 2 aliphatic rings. The van der Waals surface area contributed by atoms with Gasteiger partial charge in [0.15, 0.2) is 11.8 Å². The normalized spacial score (nSPS) is 16.4. The third kappa shape index (κ3) is 7.53. The summed E-state index contributed by atoms with van der Waals surface area (Å²) in [5, 5.41) is 21.7. The predicted octanol–water partition coefficient (Wildman–Crippen LogP) is 4.82. The van der Waals surface area contributed by atoms with E-state index >= 15 is 0 Å². The topological polar surface area (TPSA) is 91.1 Å². The van der Waals surface area contributed by atoms with Gasteiger partial charge in [0, 0.05) is 56.5 Å². The highest BCUT2D eigenvalue weighted by Gasteiger charge is 2.28. The molecule has 2 N–H and O–H groups in total. The number of carbonyl (C=O) groups excluding carboxylic acids is 1. The standard InChI is InChI=1S/C30H44N4O4/c1-2-3-4-5-6-7-8-16-28(35)38-24(23-34-29(36)25-13-9-10-14-26(25)30(34)37)22-32-18-20-33(21-19-32)27-15-11-12-17-31-27/h9-12,15,17,24,36-37H,2-8,13-14,16,18-23H2,1H3. The molecule has 0 saturated carbocycles. The van der Waals surface area contributed by atoms with Crippen LogP contribution in [-0.2, 0) is 28.9 Å². The molecule has 2 aromatic heterocycles. The monoisotopic (exact) mass is 524 g/mol. The minimum absolute atomic E-state index is 0.0787. The van der Waals surface area contributed by atoms with E-state index in [4.69, 9.17) is 4.74 Å². The molecule has 1 unspecified atom stereocenters. The first-order valence-electron chi connectivity index (χ1n) is 14.4. The highest BCUT2D eigenvalue weighted by Crippen LogP contribution is 2.37. The predicted molar refractivity (Wildman–Crippen MR) is 150 cm³/mol. The van der Waals surface area contributed by atoms with Crippen LogP contribution in [0.1, 0.15) is 69.4 Å². The maximum atomic E-state index is 12.8. The van der Waals surface area contributed by atoms with Crippen molar-refractivity contribution in [3.8, 4) is 11.8 Å². The number of hydrogen-bond acceptors (Lipinski definition) is 7. The van der Waals surface area contributed by atoms with Crippen molar-refractivity contribution in [2.45, 2.75) is 83.8 Å². The minimum atomic E-state index is -0.466. The molecule has 4 rings (SSSR count). The lowest BCUT2D eigenvalue weighted by Crippen LogP contribution is -2.49. The second kappa shape index (κ2) is 14.2. The van der Waals surface area contributed by atoms with E-state index in [0.717, 1.165) is 62.4 Å². The molecule has 3 heterocycles. The number of nitrogens with zero attached hydrogens (tertiary/aromatic N) is 4. The highest BCUT2D eigenvalue weighted by atomic mass is 16.5. The molecule has 0 radical (unpaired) electrons. The molecule has 1 aliphatic heterocycles. The zero-order valence-corrected chi connectivity index (χ0v) is 22.9. The molecule has 1 aliphatic carbocycles. The van der Waals surface area contributed by atoms with Crippen LogP contribution in [0.25, 0.3) is 0 Å². The lowest BCUT2D eigenvalue weighted by molar-refractivity contribution is -0.151. The average Bonchev–Trinajstić information content (AvgIpc) is 3.18. The zero-order chi connectivity index (χ0) is 26.7. The Hall–Kier alpha value is -3.00. The molecule has 8 nitrogen and oxygen atoms in total. The van der Waals surface area contributed by atoms with Crippen molar-refractivity contribution in [1.82, 2.24) is 14.5 Å². The summed E-state index contributed by atoms with van der Waals surface area (Å²) in [5.41, 5.74) is 1.53. The number of unbranched alkanes of at least 4 members (excludes halogenated alkanes) is 6. The molecule has 1 saturated heterocycles. The van der Waals surface area contributed by atoms with Gasteiger partial charge in [-0.2, -0.15) is 0 Å². The number of pyridine rings is 1. The maximum absolute atomic E-state index is 12.8. The van der Waals surface area contributed by atoms with Gasteiger partial charge >= 0.3 is 5.97 Å². The zero-order valence-electron chi connectivity index (χ0n) is 22.9. The number of ether oxygens (including phenoxy) is 1. The number of aromatic hydroxyl groups is 2. The van der Waals surface area contributed by atoms with Crippen LogP contribution in [0.2, 0.25) is 0 Å². The van der Waals surface area contributed by atoms with Gasteiger partial charge in [-0.05, 0) is 31.4 Å². The van der Waals surface area contributed by atoms with Crippen molar-refractivity contribution in [1.29, 1.82) is 0 Å². The van der Waals surface area contributed by atoms with E-state index < -0.39 is 6.10 Å². The number of anilines is 1. The number of esters is 1. The van der Waals surface area contributed by atoms with Crippen molar-refractivity contribution in [2.75, 3.05) is 37.6 Å². The van der Waals surface area contributed by atoms with Crippen LogP contribution in [0.3, 0.4) is 0 Å². The summed E-state index contributed by atoms with van der Waals surface area (Å²) in [6.07, 6.45) is 15.0. The summed E-state index contributed by atoms with van der Waals surface area (Å²) >= 11 is 0. The van der Waals surface area contributed by atoms with Crippen molar-refractivity contribution >= 4 is 11.8 Å². The molecule has 208 valence electrons. The first kappa shape index (κ1) is 28.0. The number of hydrogen-bond donors (Lipinski definition) is 2. The van der Waals surface area contributed by atoms with Gasteiger partial charge in [0.2, 0.25) is 0 Å². The molecule has 1 atom stereocenters. The Morgan fingerprint density at radius 2 is 1.58 bits per heavy atom. The van der Waals surface area contributed by atoms with E-state index in [2.05, 4.69) is 21.7 Å². The van der Waals surface area contributed by atoms with E-state index in [1.165, 1.54) is 30.3 Å². The molecule has 0 spiro atoms. The molecular weight excluding hydrogens is 480 g/mol. The third-order valence-electron chi connectivity index (χ3n) is 7.70. The molecule has 2 aromatic rings. The number of fused-ring (bicyclic) bond motifs is 1. The quantitative estimate of drug-likeness (QED) is 0.208. The van der Waals surface area contributed by atoms with E-state index in [0.29, 0.717) is 25.8 Å². The largest absolute Gasteiger partial charge is 0.494 e. The van der Waals surface area contributed by atoms with Crippen LogP contribution in [0.5, 0.6) is 11.8 Å².